The van der Waals surface area contributed by atoms with Gasteiger partial charge in [0.2, 0.25) is 0 Å². The fourth-order valence-electron chi connectivity index (χ4n) is 4.14. The molecule has 1 unspecified atom stereocenters. The van der Waals surface area contributed by atoms with Crippen molar-refractivity contribution >= 4 is 16.7 Å². The third-order valence-electron chi connectivity index (χ3n) is 5.70. The Kier molecular flexibility index (Phi) is 6.31. The molecule has 1 heterocycles. The number of phenols is 1. The molecule has 1 saturated heterocycles. The summed E-state index contributed by atoms with van der Waals surface area (Å²) in [7, 11) is 0. The summed E-state index contributed by atoms with van der Waals surface area (Å²) < 4.78 is 5.47. The molecule has 3 aromatic carbocycles. The first-order valence-electron chi connectivity index (χ1n) is 10.6. The number of carbonyl (C=O) groups is 1. The second kappa shape index (κ2) is 9.28. The normalized spacial score (nSPS) is 16.5. The smallest absolute Gasteiger partial charge is 0.251 e. The predicted molar refractivity (Wildman–Crippen MR) is 120 cm³/mol. The van der Waals surface area contributed by atoms with Crippen molar-refractivity contribution in [1.29, 1.82) is 0 Å². The minimum Gasteiger partial charge on any atom is -0.508 e. The van der Waals surface area contributed by atoms with Gasteiger partial charge in [0.25, 0.3) is 5.91 Å². The van der Waals surface area contributed by atoms with Crippen molar-refractivity contribution in [2.45, 2.75) is 25.8 Å². The number of fused-ring (bicyclic) bond motifs is 1. The van der Waals surface area contributed by atoms with Gasteiger partial charge in [-0.25, -0.2) is 0 Å². The van der Waals surface area contributed by atoms with E-state index in [1.54, 1.807) is 6.07 Å². The standard InChI is InChI=1S/C25H28N2O3/c1-2-17-15-19(28)9-10-20(17)21-5-3-7-23-22(21)6-4-8-24(23)25(29)27-12-11-18-16-30-14-13-26-18/h3-10,15,18,26,28H,2,11-14,16H2,1H3,(H,27,29). The van der Waals surface area contributed by atoms with Crippen LogP contribution in [0, 0.1) is 0 Å². The van der Waals surface area contributed by atoms with Crippen molar-refractivity contribution in [3.8, 4) is 16.9 Å². The van der Waals surface area contributed by atoms with Crippen molar-refractivity contribution in [1.82, 2.24) is 10.6 Å². The molecular weight excluding hydrogens is 376 g/mol. The number of hydrogen-bond acceptors (Lipinski definition) is 4. The van der Waals surface area contributed by atoms with Gasteiger partial charge in [-0.05, 0) is 58.5 Å². The van der Waals surface area contributed by atoms with E-state index >= 15 is 0 Å². The maximum absolute atomic E-state index is 12.9. The van der Waals surface area contributed by atoms with Crippen molar-refractivity contribution < 1.29 is 14.6 Å². The number of benzene rings is 3. The van der Waals surface area contributed by atoms with Gasteiger partial charge in [-0.2, -0.15) is 0 Å². The highest BCUT2D eigenvalue weighted by atomic mass is 16.5. The van der Waals surface area contributed by atoms with E-state index in [0.717, 1.165) is 53.5 Å². The molecule has 0 saturated carbocycles. The zero-order valence-electron chi connectivity index (χ0n) is 17.3. The predicted octanol–water partition coefficient (Wildman–Crippen LogP) is 3.88. The number of aryl methyl sites for hydroxylation is 1. The van der Waals surface area contributed by atoms with Crippen LogP contribution in [0.2, 0.25) is 0 Å². The monoisotopic (exact) mass is 404 g/mol. The largest absolute Gasteiger partial charge is 0.508 e. The van der Waals surface area contributed by atoms with Crippen molar-refractivity contribution in [2.75, 3.05) is 26.3 Å². The summed E-state index contributed by atoms with van der Waals surface area (Å²) in [6.07, 6.45) is 1.66. The Morgan fingerprint density at radius 3 is 2.77 bits per heavy atom. The molecule has 5 heteroatoms. The molecule has 1 fully saturated rings. The SMILES string of the molecule is CCc1cc(O)ccc1-c1cccc2c(C(=O)NCCC3COCCN3)cccc12. The van der Waals surface area contributed by atoms with Crippen LogP contribution >= 0.6 is 0 Å². The van der Waals surface area contributed by atoms with Gasteiger partial charge in [-0.15, -0.1) is 0 Å². The van der Waals surface area contributed by atoms with E-state index in [4.69, 9.17) is 4.74 Å². The van der Waals surface area contributed by atoms with E-state index in [1.165, 1.54) is 0 Å². The summed E-state index contributed by atoms with van der Waals surface area (Å²) in [5.41, 5.74) is 3.92. The molecule has 30 heavy (non-hydrogen) atoms. The maximum Gasteiger partial charge on any atom is 0.251 e. The zero-order chi connectivity index (χ0) is 20.9. The quantitative estimate of drug-likeness (QED) is 0.583. The highest BCUT2D eigenvalue weighted by Gasteiger charge is 2.16. The second-order valence-electron chi connectivity index (χ2n) is 7.67. The van der Waals surface area contributed by atoms with E-state index in [1.807, 2.05) is 36.4 Å². The fourth-order valence-corrected chi connectivity index (χ4v) is 4.14. The molecule has 1 amide bonds. The van der Waals surface area contributed by atoms with Gasteiger partial charge in [0.1, 0.15) is 5.75 Å². The van der Waals surface area contributed by atoms with Crippen LogP contribution in [0.1, 0.15) is 29.3 Å². The summed E-state index contributed by atoms with van der Waals surface area (Å²) in [6.45, 7) is 4.99. The van der Waals surface area contributed by atoms with Gasteiger partial charge in [0.15, 0.2) is 0 Å². The molecule has 4 rings (SSSR count). The molecule has 5 nitrogen and oxygen atoms in total. The number of nitrogens with one attached hydrogen (secondary N) is 2. The first kappa shape index (κ1) is 20.4. The second-order valence-corrected chi connectivity index (χ2v) is 7.67. The molecule has 0 aliphatic carbocycles. The molecule has 0 aromatic heterocycles. The van der Waals surface area contributed by atoms with Crippen LogP contribution in [-0.4, -0.2) is 43.4 Å². The number of ether oxygens (including phenoxy) is 1. The molecule has 3 aromatic rings. The van der Waals surface area contributed by atoms with Crippen LogP contribution in [0.3, 0.4) is 0 Å². The number of morpholine rings is 1. The van der Waals surface area contributed by atoms with Gasteiger partial charge >= 0.3 is 0 Å². The summed E-state index contributed by atoms with van der Waals surface area (Å²) in [4.78, 5) is 12.9. The Morgan fingerprint density at radius 2 is 1.97 bits per heavy atom. The van der Waals surface area contributed by atoms with Crippen LogP contribution in [0.15, 0.2) is 54.6 Å². The Balaban J connectivity index is 1.60. The van der Waals surface area contributed by atoms with E-state index in [2.05, 4.69) is 29.7 Å². The van der Waals surface area contributed by atoms with Gasteiger partial charge in [0.05, 0.1) is 13.2 Å². The van der Waals surface area contributed by atoms with Gasteiger partial charge in [-0.1, -0.05) is 43.3 Å². The number of rotatable bonds is 6. The molecule has 0 bridgehead atoms. The van der Waals surface area contributed by atoms with Gasteiger partial charge in [0, 0.05) is 24.7 Å². The average Bonchev–Trinajstić information content (AvgIpc) is 2.79. The summed E-state index contributed by atoms with van der Waals surface area (Å²) >= 11 is 0. The lowest BCUT2D eigenvalue weighted by Crippen LogP contribution is -2.43. The van der Waals surface area contributed by atoms with Crippen LogP contribution in [-0.2, 0) is 11.2 Å². The minimum atomic E-state index is -0.0594. The molecule has 0 spiro atoms. The van der Waals surface area contributed by atoms with Crippen LogP contribution in [0.5, 0.6) is 5.75 Å². The number of aromatic hydroxyl groups is 1. The highest BCUT2D eigenvalue weighted by molar-refractivity contribution is 6.10. The fraction of sp³-hybridized carbons (Fsp3) is 0.320. The Morgan fingerprint density at radius 1 is 1.13 bits per heavy atom. The van der Waals surface area contributed by atoms with Crippen LogP contribution in [0.4, 0.5) is 0 Å². The van der Waals surface area contributed by atoms with Gasteiger partial charge < -0.3 is 20.5 Å². The molecule has 156 valence electrons. The summed E-state index contributed by atoms with van der Waals surface area (Å²) in [5.74, 6) is 0.213. The van der Waals surface area contributed by atoms with Crippen molar-refractivity contribution in [3.05, 3.63) is 65.7 Å². The van der Waals surface area contributed by atoms with Gasteiger partial charge in [-0.3, -0.25) is 4.79 Å². The van der Waals surface area contributed by atoms with Crippen molar-refractivity contribution in [2.24, 2.45) is 0 Å². The topological polar surface area (TPSA) is 70.6 Å². The first-order valence-corrected chi connectivity index (χ1v) is 10.6. The number of carbonyl (C=O) groups excluding carboxylic acids is 1. The van der Waals surface area contributed by atoms with E-state index in [-0.39, 0.29) is 11.7 Å². The minimum absolute atomic E-state index is 0.0594. The molecular formula is C25H28N2O3. The maximum atomic E-state index is 12.9. The Labute approximate surface area is 177 Å². The third kappa shape index (κ3) is 4.32. The molecule has 1 aliphatic rings. The molecule has 0 radical (unpaired) electrons. The van der Waals surface area contributed by atoms with E-state index in [0.29, 0.717) is 24.8 Å². The van der Waals surface area contributed by atoms with E-state index in [9.17, 15) is 9.90 Å². The summed E-state index contributed by atoms with van der Waals surface area (Å²) in [5, 5.41) is 18.3. The lowest BCUT2D eigenvalue weighted by atomic mass is 9.92. The molecule has 1 aliphatic heterocycles. The first-order chi connectivity index (χ1) is 14.7. The average molecular weight is 405 g/mol. The molecule has 3 N–H and O–H groups in total. The third-order valence-corrected chi connectivity index (χ3v) is 5.70. The lowest BCUT2D eigenvalue weighted by molar-refractivity contribution is 0.0733. The number of hydrogen-bond donors (Lipinski definition) is 3. The number of amides is 1. The number of phenolic OH excluding ortho intramolecular Hbond substituents is 1. The van der Waals surface area contributed by atoms with Crippen LogP contribution < -0.4 is 10.6 Å². The Hall–Kier alpha value is -2.89. The lowest BCUT2D eigenvalue weighted by Gasteiger charge is -2.23. The van der Waals surface area contributed by atoms with E-state index < -0.39 is 0 Å². The van der Waals surface area contributed by atoms with Crippen molar-refractivity contribution in [3.63, 3.8) is 0 Å². The zero-order valence-corrected chi connectivity index (χ0v) is 17.3. The molecule has 1 atom stereocenters. The summed E-state index contributed by atoms with van der Waals surface area (Å²) in [6, 6.07) is 17.7. The van der Waals surface area contributed by atoms with Crippen LogP contribution in [0.25, 0.3) is 21.9 Å². The highest BCUT2D eigenvalue weighted by Crippen LogP contribution is 2.34. The Bertz CT molecular complexity index is 1040.